The number of benzene rings is 2. The molecule has 2 amide bonds. The molecule has 0 saturated carbocycles. The molecule has 168 valence electrons. The highest BCUT2D eigenvalue weighted by Gasteiger charge is 2.35. The Bertz CT molecular complexity index is 1220. The van der Waals surface area contributed by atoms with Crippen molar-refractivity contribution in [1.82, 2.24) is 15.1 Å². The van der Waals surface area contributed by atoms with Gasteiger partial charge in [-0.1, -0.05) is 30.3 Å². The highest BCUT2D eigenvalue weighted by molar-refractivity contribution is 6.00. The molecule has 33 heavy (non-hydrogen) atoms. The minimum Gasteiger partial charge on any atom is -0.382 e. The van der Waals surface area contributed by atoms with Crippen molar-refractivity contribution >= 4 is 23.3 Å². The van der Waals surface area contributed by atoms with E-state index >= 15 is 0 Å². The van der Waals surface area contributed by atoms with Crippen molar-refractivity contribution in [3.8, 4) is 11.8 Å². The smallest absolute Gasteiger partial charge is 0.227 e. The van der Waals surface area contributed by atoms with Gasteiger partial charge in [-0.25, -0.2) is 9.07 Å². The van der Waals surface area contributed by atoms with Gasteiger partial charge in [-0.05, 0) is 37.1 Å². The average molecular weight is 446 g/mol. The van der Waals surface area contributed by atoms with Crippen LogP contribution in [0.3, 0.4) is 0 Å². The quantitative estimate of drug-likeness (QED) is 0.541. The second-order valence-corrected chi connectivity index (χ2v) is 7.82. The lowest BCUT2D eigenvalue weighted by Gasteiger charge is -2.17. The van der Waals surface area contributed by atoms with Crippen LogP contribution in [0.4, 0.5) is 15.9 Å². The van der Waals surface area contributed by atoms with Crippen molar-refractivity contribution in [2.75, 3.05) is 23.7 Å². The number of halogens is 1. The van der Waals surface area contributed by atoms with E-state index in [2.05, 4.69) is 16.5 Å². The fraction of sp³-hybridized carbons (Fsp3) is 0.250. The summed E-state index contributed by atoms with van der Waals surface area (Å²) in [5.41, 5.74) is 7.95. The number of nitriles is 1. The SMILES string of the molecule is N#Cc1c(CCCNC(=O)C2CC(=O)N(c3ccccc3F)C2)nn(-c2ccccc2)c1N. The number of carbonyl (C=O) groups excluding carboxylic acids is 2. The third-order valence-electron chi connectivity index (χ3n) is 5.63. The van der Waals surface area contributed by atoms with Crippen molar-refractivity contribution in [3.63, 3.8) is 0 Å². The molecule has 1 saturated heterocycles. The number of amides is 2. The number of hydrogen-bond donors (Lipinski definition) is 2. The number of nitrogens with two attached hydrogens (primary N) is 1. The van der Waals surface area contributed by atoms with Gasteiger partial charge in [-0.3, -0.25) is 9.59 Å². The maximum atomic E-state index is 14.0. The first-order chi connectivity index (χ1) is 16.0. The molecule has 1 atom stereocenters. The summed E-state index contributed by atoms with van der Waals surface area (Å²) < 4.78 is 15.6. The van der Waals surface area contributed by atoms with Crippen LogP contribution in [0, 0.1) is 23.1 Å². The van der Waals surface area contributed by atoms with Gasteiger partial charge in [0, 0.05) is 19.5 Å². The molecule has 0 aliphatic carbocycles. The first kappa shape index (κ1) is 22.0. The zero-order valence-corrected chi connectivity index (χ0v) is 17.9. The zero-order valence-electron chi connectivity index (χ0n) is 17.9. The molecule has 4 rings (SSSR count). The van der Waals surface area contributed by atoms with Gasteiger partial charge in [-0.15, -0.1) is 0 Å². The molecule has 1 aromatic heterocycles. The lowest BCUT2D eigenvalue weighted by molar-refractivity contribution is -0.126. The van der Waals surface area contributed by atoms with E-state index in [9.17, 15) is 19.2 Å². The maximum Gasteiger partial charge on any atom is 0.227 e. The molecule has 0 radical (unpaired) electrons. The number of para-hydroxylation sites is 2. The van der Waals surface area contributed by atoms with Crippen molar-refractivity contribution in [2.45, 2.75) is 19.3 Å². The van der Waals surface area contributed by atoms with E-state index < -0.39 is 11.7 Å². The van der Waals surface area contributed by atoms with Crippen LogP contribution in [0.25, 0.3) is 5.69 Å². The van der Waals surface area contributed by atoms with Gasteiger partial charge in [0.25, 0.3) is 0 Å². The van der Waals surface area contributed by atoms with Crippen molar-refractivity contribution in [3.05, 3.63) is 71.7 Å². The van der Waals surface area contributed by atoms with Gasteiger partial charge in [-0.2, -0.15) is 10.4 Å². The highest BCUT2D eigenvalue weighted by atomic mass is 19.1. The number of aromatic nitrogens is 2. The summed E-state index contributed by atoms with van der Waals surface area (Å²) in [4.78, 5) is 26.2. The molecular formula is C24H23FN6O2. The van der Waals surface area contributed by atoms with E-state index in [1.54, 1.807) is 12.1 Å². The van der Waals surface area contributed by atoms with Crippen LogP contribution < -0.4 is 16.0 Å². The van der Waals surface area contributed by atoms with Gasteiger partial charge in [0.15, 0.2) is 0 Å². The molecule has 3 aromatic rings. The molecule has 0 bridgehead atoms. The second kappa shape index (κ2) is 9.53. The van der Waals surface area contributed by atoms with Crippen molar-refractivity contribution in [2.24, 2.45) is 5.92 Å². The van der Waals surface area contributed by atoms with E-state index in [4.69, 9.17) is 5.73 Å². The van der Waals surface area contributed by atoms with Crippen molar-refractivity contribution in [1.29, 1.82) is 5.26 Å². The lowest BCUT2D eigenvalue weighted by atomic mass is 10.1. The first-order valence-corrected chi connectivity index (χ1v) is 10.6. The molecule has 9 heteroatoms. The van der Waals surface area contributed by atoms with E-state index in [-0.39, 0.29) is 36.3 Å². The van der Waals surface area contributed by atoms with Crippen LogP contribution >= 0.6 is 0 Å². The molecule has 1 unspecified atom stereocenters. The summed E-state index contributed by atoms with van der Waals surface area (Å²) in [5.74, 6) is -1.28. The first-order valence-electron chi connectivity index (χ1n) is 10.6. The fourth-order valence-corrected chi connectivity index (χ4v) is 3.94. The number of nitrogens with zero attached hydrogens (tertiary/aromatic N) is 4. The number of anilines is 2. The number of carbonyl (C=O) groups is 2. The Labute approximate surface area is 190 Å². The van der Waals surface area contributed by atoms with Crippen LogP contribution in [0.2, 0.25) is 0 Å². The molecule has 2 heterocycles. The van der Waals surface area contributed by atoms with E-state index in [1.807, 2.05) is 30.3 Å². The molecule has 8 nitrogen and oxygen atoms in total. The van der Waals surface area contributed by atoms with Crippen molar-refractivity contribution < 1.29 is 14.0 Å². The topological polar surface area (TPSA) is 117 Å². The van der Waals surface area contributed by atoms with Gasteiger partial charge in [0.05, 0.1) is 23.0 Å². The minimum atomic E-state index is -0.542. The van der Waals surface area contributed by atoms with Crippen LogP contribution in [0.1, 0.15) is 24.1 Å². The molecule has 1 aliphatic rings. The molecule has 1 fully saturated rings. The maximum absolute atomic E-state index is 14.0. The lowest BCUT2D eigenvalue weighted by Crippen LogP contribution is -2.33. The number of nitrogen functional groups attached to an aromatic ring is 1. The van der Waals surface area contributed by atoms with Crippen LogP contribution in [-0.4, -0.2) is 34.7 Å². The predicted molar refractivity (Wildman–Crippen MR) is 121 cm³/mol. The van der Waals surface area contributed by atoms with Gasteiger partial charge in [0.2, 0.25) is 11.8 Å². The van der Waals surface area contributed by atoms with Crippen LogP contribution in [0.15, 0.2) is 54.6 Å². The van der Waals surface area contributed by atoms with Gasteiger partial charge >= 0.3 is 0 Å². The zero-order chi connectivity index (χ0) is 23.4. The molecule has 3 N–H and O–H groups in total. The van der Waals surface area contributed by atoms with E-state index in [1.165, 1.54) is 21.7 Å². The van der Waals surface area contributed by atoms with Gasteiger partial charge < -0.3 is 16.0 Å². The van der Waals surface area contributed by atoms with Crippen LogP contribution in [-0.2, 0) is 16.0 Å². The summed E-state index contributed by atoms with van der Waals surface area (Å²) in [6.07, 6.45) is 1.04. The largest absolute Gasteiger partial charge is 0.382 e. The summed E-state index contributed by atoms with van der Waals surface area (Å²) in [6.45, 7) is 0.494. The molecule has 1 aliphatic heterocycles. The molecular weight excluding hydrogens is 423 g/mol. The monoisotopic (exact) mass is 446 g/mol. The average Bonchev–Trinajstić information content (AvgIpc) is 3.37. The Morgan fingerprint density at radius 2 is 1.94 bits per heavy atom. The third-order valence-corrected chi connectivity index (χ3v) is 5.63. The summed E-state index contributed by atoms with van der Waals surface area (Å²) >= 11 is 0. The molecule has 0 spiro atoms. The Morgan fingerprint density at radius 3 is 2.67 bits per heavy atom. The number of rotatable bonds is 7. The van der Waals surface area contributed by atoms with E-state index in [0.717, 1.165) is 5.69 Å². The number of nitrogens with one attached hydrogen (secondary N) is 1. The molecule has 2 aromatic carbocycles. The Morgan fingerprint density at radius 1 is 1.21 bits per heavy atom. The second-order valence-electron chi connectivity index (χ2n) is 7.82. The van der Waals surface area contributed by atoms with E-state index in [0.29, 0.717) is 30.6 Å². The third kappa shape index (κ3) is 4.55. The standard InChI is InChI=1S/C24H23FN6O2/c25-19-9-4-5-11-21(19)30-15-16(13-22(30)32)24(33)28-12-6-10-20-18(14-26)23(27)31(29-20)17-7-2-1-3-8-17/h1-5,7-9,11,16H,6,10,12-13,15,27H2,(H,28,33). The number of aryl methyl sites for hydroxylation is 1. The number of hydrogen-bond acceptors (Lipinski definition) is 5. The minimum absolute atomic E-state index is 0.0385. The summed E-state index contributed by atoms with van der Waals surface area (Å²) in [7, 11) is 0. The highest BCUT2D eigenvalue weighted by Crippen LogP contribution is 2.27. The summed E-state index contributed by atoms with van der Waals surface area (Å²) in [5, 5.41) is 16.8. The van der Waals surface area contributed by atoms with Crippen LogP contribution in [0.5, 0.6) is 0 Å². The Balaban J connectivity index is 1.33. The Hall–Kier alpha value is -4.19. The predicted octanol–water partition coefficient (Wildman–Crippen LogP) is 2.57. The Kier molecular flexibility index (Phi) is 6.36. The van der Waals surface area contributed by atoms with Gasteiger partial charge in [0.1, 0.15) is 23.3 Å². The fourth-order valence-electron chi connectivity index (χ4n) is 3.94. The normalized spacial score (nSPS) is 15.5. The summed E-state index contributed by atoms with van der Waals surface area (Å²) in [6, 6.07) is 17.4.